The maximum absolute atomic E-state index is 14.1. The van der Waals surface area contributed by atoms with Crippen LogP contribution in [0.25, 0.3) is 0 Å². The fourth-order valence-electron chi connectivity index (χ4n) is 3.82. The molecule has 1 N–H and O–H groups in total. The van der Waals surface area contributed by atoms with Crippen LogP contribution in [0.3, 0.4) is 0 Å². The molecule has 4 rings (SSSR count). The molecule has 10 heteroatoms. The zero-order valence-corrected chi connectivity index (χ0v) is 21.2. The predicted molar refractivity (Wildman–Crippen MR) is 136 cm³/mol. The molecule has 34 heavy (non-hydrogen) atoms. The van der Waals surface area contributed by atoms with Crippen molar-refractivity contribution in [2.24, 2.45) is 5.92 Å². The lowest BCUT2D eigenvalue weighted by Crippen LogP contribution is -2.27. The molecule has 3 aromatic carbocycles. The van der Waals surface area contributed by atoms with E-state index in [1.54, 1.807) is 24.3 Å². The van der Waals surface area contributed by atoms with Crippen molar-refractivity contribution in [3.05, 3.63) is 92.7 Å². The third-order valence-electron chi connectivity index (χ3n) is 5.56. The number of rotatable bonds is 5. The van der Waals surface area contributed by atoms with E-state index in [0.29, 0.717) is 21.3 Å². The number of carbonyl (C=O) groups excluding carboxylic acids is 2. The summed E-state index contributed by atoms with van der Waals surface area (Å²) in [5, 5.41) is 3.67. The van der Waals surface area contributed by atoms with Crippen LogP contribution >= 0.6 is 58.0 Å². The largest absolute Gasteiger partial charge is 0.326 e. The molecule has 0 aliphatic heterocycles. The second-order valence-corrected chi connectivity index (χ2v) is 10.6. The van der Waals surface area contributed by atoms with Gasteiger partial charge in [-0.05, 0) is 54.1 Å². The number of para-hydroxylation sites is 1. The highest BCUT2D eigenvalue weighted by Crippen LogP contribution is 2.65. The number of hydrogen-bond acceptors (Lipinski definition) is 2. The van der Waals surface area contributed by atoms with Crippen molar-refractivity contribution in [3.8, 4) is 0 Å². The van der Waals surface area contributed by atoms with Gasteiger partial charge in [-0.25, -0.2) is 4.39 Å². The predicted octanol–water partition coefficient (Wildman–Crippen LogP) is 7.59. The third kappa shape index (κ3) is 4.86. The average molecular weight is 561 g/mol. The Morgan fingerprint density at radius 1 is 0.971 bits per heavy atom. The minimum absolute atomic E-state index is 0.0854. The second kappa shape index (κ2) is 9.56. The van der Waals surface area contributed by atoms with E-state index < -0.39 is 33.8 Å². The fourth-order valence-corrected chi connectivity index (χ4v) is 5.39. The van der Waals surface area contributed by atoms with Gasteiger partial charge in [-0.15, -0.1) is 23.2 Å². The number of amides is 2. The summed E-state index contributed by atoms with van der Waals surface area (Å²) in [6, 6.07) is 15.2. The first kappa shape index (κ1) is 25.1. The zero-order chi connectivity index (χ0) is 24.8. The highest BCUT2D eigenvalue weighted by Gasteiger charge is 2.67. The van der Waals surface area contributed by atoms with E-state index in [-0.39, 0.29) is 16.3 Å². The summed E-state index contributed by atoms with van der Waals surface area (Å²) in [6.45, 7) is 0. The first-order valence-electron chi connectivity index (χ1n) is 9.97. The number of alkyl halides is 2. The molecule has 176 valence electrons. The number of halogens is 6. The van der Waals surface area contributed by atoms with E-state index in [1.807, 2.05) is 0 Å². The lowest BCUT2D eigenvalue weighted by atomic mass is 10.1. The Morgan fingerprint density at radius 2 is 1.62 bits per heavy atom. The number of nitrogens with one attached hydrogen (secondary N) is 1. The van der Waals surface area contributed by atoms with Gasteiger partial charge in [-0.3, -0.25) is 9.59 Å². The summed E-state index contributed by atoms with van der Waals surface area (Å²) < 4.78 is 12.8. The SMILES string of the molecule is CN(C(=O)c1cc(NC(=O)[C@H]2[C@H](c3cc(Cl)cc(Cl)c3)C2(Cl)Cl)ccc1Cl)c1ccccc1F. The smallest absolute Gasteiger partial charge is 0.259 e. The molecular formula is C24H16Cl5FN2O2. The average Bonchev–Trinajstić information content (AvgIpc) is 3.36. The lowest BCUT2D eigenvalue weighted by molar-refractivity contribution is -0.117. The van der Waals surface area contributed by atoms with Crippen LogP contribution in [-0.2, 0) is 4.79 Å². The van der Waals surface area contributed by atoms with Crippen molar-refractivity contribution in [2.45, 2.75) is 10.3 Å². The quantitative estimate of drug-likeness (QED) is 0.327. The summed E-state index contributed by atoms with van der Waals surface area (Å²) in [5.41, 5.74) is 1.12. The topological polar surface area (TPSA) is 49.4 Å². The molecule has 0 heterocycles. The van der Waals surface area contributed by atoms with E-state index in [4.69, 9.17) is 58.0 Å². The summed E-state index contributed by atoms with van der Waals surface area (Å²) >= 11 is 31.2. The molecule has 2 amide bonds. The van der Waals surface area contributed by atoms with Gasteiger partial charge in [0.05, 0.1) is 22.2 Å². The standard InChI is InChI=1S/C24H16Cl5FN2O2/c1-32(19-5-3-2-4-18(19)30)23(34)16-11-15(6-7-17(16)27)31-22(33)21-20(24(21,28)29)12-8-13(25)10-14(26)9-12/h2-11,20-21H,1H3,(H,31,33)/t20-,21+/m0/s1. The molecule has 2 atom stereocenters. The minimum Gasteiger partial charge on any atom is -0.326 e. The molecule has 0 radical (unpaired) electrons. The zero-order valence-electron chi connectivity index (χ0n) is 17.5. The van der Waals surface area contributed by atoms with E-state index in [0.717, 1.165) is 4.90 Å². The Hall–Kier alpha value is -2.02. The molecule has 1 fully saturated rings. The van der Waals surface area contributed by atoms with Gasteiger partial charge in [0.2, 0.25) is 5.91 Å². The van der Waals surface area contributed by atoms with Crippen molar-refractivity contribution < 1.29 is 14.0 Å². The van der Waals surface area contributed by atoms with Crippen LogP contribution in [0.5, 0.6) is 0 Å². The van der Waals surface area contributed by atoms with E-state index in [2.05, 4.69) is 5.32 Å². The van der Waals surface area contributed by atoms with Gasteiger partial charge in [0, 0.05) is 28.7 Å². The minimum atomic E-state index is -1.35. The Labute approximate surface area is 220 Å². The van der Waals surface area contributed by atoms with Crippen LogP contribution in [0.15, 0.2) is 60.7 Å². The number of benzene rings is 3. The van der Waals surface area contributed by atoms with Crippen LogP contribution in [-0.4, -0.2) is 23.2 Å². The molecule has 0 aromatic heterocycles. The first-order chi connectivity index (χ1) is 16.0. The Kier molecular flexibility index (Phi) is 7.05. The van der Waals surface area contributed by atoms with Gasteiger partial charge >= 0.3 is 0 Å². The molecule has 1 saturated carbocycles. The van der Waals surface area contributed by atoms with Gasteiger partial charge in [-0.1, -0.05) is 46.9 Å². The summed E-state index contributed by atoms with van der Waals surface area (Å²) in [4.78, 5) is 27.1. The van der Waals surface area contributed by atoms with Gasteiger partial charge in [-0.2, -0.15) is 0 Å². The van der Waals surface area contributed by atoms with Crippen molar-refractivity contribution in [1.29, 1.82) is 0 Å². The third-order valence-corrected chi connectivity index (χ3v) is 7.27. The lowest BCUT2D eigenvalue weighted by Gasteiger charge is -2.19. The highest BCUT2D eigenvalue weighted by molar-refractivity contribution is 6.53. The molecule has 3 aromatic rings. The summed E-state index contributed by atoms with van der Waals surface area (Å²) in [6.07, 6.45) is 0. The Balaban J connectivity index is 1.55. The Morgan fingerprint density at radius 3 is 2.26 bits per heavy atom. The number of carbonyl (C=O) groups is 2. The summed E-state index contributed by atoms with van der Waals surface area (Å²) in [5.74, 6) is -2.85. The van der Waals surface area contributed by atoms with Gasteiger partial charge in [0.15, 0.2) is 0 Å². The normalized spacial score (nSPS) is 18.3. The number of anilines is 2. The van der Waals surface area contributed by atoms with Crippen LogP contribution in [0.2, 0.25) is 15.1 Å². The number of hydrogen-bond donors (Lipinski definition) is 1. The fraction of sp³-hybridized carbons (Fsp3) is 0.167. The van der Waals surface area contributed by atoms with E-state index in [1.165, 1.54) is 43.4 Å². The molecular weight excluding hydrogens is 545 g/mol. The van der Waals surface area contributed by atoms with Crippen LogP contribution < -0.4 is 10.2 Å². The van der Waals surface area contributed by atoms with Crippen LogP contribution in [0, 0.1) is 11.7 Å². The molecule has 0 saturated heterocycles. The van der Waals surface area contributed by atoms with Gasteiger partial charge in [0.1, 0.15) is 10.2 Å². The Bertz CT molecular complexity index is 1280. The van der Waals surface area contributed by atoms with Crippen LogP contribution in [0.4, 0.5) is 15.8 Å². The van der Waals surface area contributed by atoms with E-state index >= 15 is 0 Å². The second-order valence-electron chi connectivity index (χ2n) is 7.83. The maximum Gasteiger partial charge on any atom is 0.259 e. The molecule has 4 nitrogen and oxygen atoms in total. The molecule has 0 bridgehead atoms. The summed E-state index contributed by atoms with van der Waals surface area (Å²) in [7, 11) is 1.43. The first-order valence-corrected chi connectivity index (χ1v) is 11.9. The highest BCUT2D eigenvalue weighted by atomic mass is 35.5. The maximum atomic E-state index is 14.1. The van der Waals surface area contributed by atoms with Crippen molar-refractivity contribution in [2.75, 3.05) is 17.3 Å². The number of nitrogens with zero attached hydrogens (tertiary/aromatic N) is 1. The molecule has 0 spiro atoms. The van der Waals surface area contributed by atoms with Crippen molar-refractivity contribution in [3.63, 3.8) is 0 Å². The van der Waals surface area contributed by atoms with Crippen LogP contribution in [0.1, 0.15) is 21.8 Å². The monoisotopic (exact) mass is 558 g/mol. The molecule has 0 unspecified atom stereocenters. The van der Waals surface area contributed by atoms with Gasteiger partial charge in [0.25, 0.3) is 5.91 Å². The van der Waals surface area contributed by atoms with Crippen molar-refractivity contribution in [1.82, 2.24) is 0 Å². The van der Waals surface area contributed by atoms with E-state index in [9.17, 15) is 14.0 Å². The molecule has 1 aliphatic carbocycles. The van der Waals surface area contributed by atoms with Gasteiger partial charge < -0.3 is 10.2 Å². The van der Waals surface area contributed by atoms with Crippen molar-refractivity contribution >= 4 is 81.2 Å². The molecule has 1 aliphatic rings.